The lowest BCUT2D eigenvalue weighted by molar-refractivity contribution is 0.431. The molecule has 0 saturated carbocycles. The maximum Gasteiger partial charge on any atom is 0.280 e. The Morgan fingerprint density at radius 1 is 1.00 bits per heavy atom. The van der Waals surface area contributed by atoms with E-state index >= 15 is 0 Å². The van der Waals surface area contributed by atoms with E-state index in [9.17, 15) is 0 Å². The van der Waals surface area contributed by atoms with Crippen molar-refractivity contribution in [2.75, 3.05) is 5.73 Å². The van der Waals surface area contributed by atoms with E-state index in [1.165, 1.54) is 12.4 Å². The maximum atomic E-state index is 5.68. The Balaban J connectivity index is 2.03. The highest BCUT2D eigenvalue weighted by Crippen LogP contribution is 2.21. The minimum absolute atomic E-state index is 0.223. The molecule has 2 N–H and O–H groups in total. The van der Waals surface area contributed by atoms with Gasteiger partial charge in [-0.1, -0.05) is 11.2 Å². The van der Waals surface area contributed by atoms with Crippen LogP contribution < -0.4 is 5.73 Å². The lowest BCUT2D eigenvalue weighted by atomic mass is 10.3. The van der Waals surface area contributed by atoms with Crippen molar-refractivity contribution >= 4 is 5.82 Å². The highest BCUT2D eigenvalue weighted by atomic mass is 16.5. The van der Waals surface area contributed by atoms with Gasteiger partial charge in [0.15, 0.2) is 11.5 Å². The van der Waals surface area contributed by atoms with Crippen molar-refractivity contribution in [1.82, 2.24) is 25.1 Å². The summed E-state index contributed by atoms with van der Waals surface area (Å²) in [5.74, 6) is 0.852. The largest absolute Gasteiger partial charge is 0.382 e. The predicted molar refractivity (Wildman–Crippen MR) is 63.0 cm³/mol. The Morgan fingerprint density at radius 2 is 1.89 bits per heavy atom. The van der Waals surface area contributed by atoms with Crippen LogP contribution in [-0.2, 0) is 0 Å². The Bertz CT molecular complexity index is 666. The van der Waals surface area contributed by atoms with E-state index in [-0.39, 0.29) is 11.7 Å². The summed E-state index contributed by atoms with van der Waals surface area (Å²) in [6.07, 6.45) is 4.66. The fourth-order valence-corrected chi connectivity index (χ4v) is 1.43. The average Bonchev–Trinajstić information content (AvgIpc) is 2.90. The van der Waals surface area contributed by atoms with Gasteiger partial charge in [0.05, 0.1) is 0 Å². The summed E-state index contributed by atoms with van der Waals surface area (Å²) in [7, 11) is 0. The van der Waals surface area contributed by atoms with Crippen LogP contribution in [-0.4, -0.2) is 25.1 Å². The van der Waals surface area contributed by atoms with Crippen LogP contribution >= 0.6 is 0 Å². The van der Waals surface area contributed by atoms with Gasteiger partial charge < -0.3 is 10.3 Å². The van der Waals surface area contributed by atoms with E-state index in [1.807, 2.05) is 12.1 Å². The van der Waals surface area contributed by atoms with Crippen LogP contribution in [0.4, 0.5) is 5.82 Å². The molecule has 0 spiro atoms. The van der Waals surface area contributed by atoms with E-state index in [4.69, 9.17) is 10.3 Å². The number of anilines is 1. The van der Waals surface area contributed by atoms with E-state index in [0.717, 1.165) is 0 Å². The quantitative estimate of drug-likeness (QED) is 0.716. The smallest absolute Gasteiger partial charge is 0.280 e. The molecule has 0 amide bonds. The van der Waals surface area contributed by atoms with Crippen LogP contribution in [0, 0.1) is 0 Å². The van der Waals surface area contributed by atoms with Gasteiger partial charge in [0.25, 0.3) is 5.89 Å². The summed E-state index contributed by atoms with van der Waals surface area (Å²) in [6, 6.07) is 5.44. The molecule has 0 bridgehead atoms. The van der Waals surface area contributed by atoms with Crippen molar-refractivity contribution < 1.29 is 4.52 Å². The van der Waals surface area contributed by atoms with Gasteiger partial charge in [-0.25, -0.2) is 9.97 Å². The molecule has 3 heterocycles. The fraction of sp³-hybridized carbons (Fsp3) is 0. The summed E-state index contributed by atoms with van der Waals surface area (Å²) < 4.78 is 5.10. The third kappa shape index (κ3) is 1.77. The second-order valence-corrected chi connectivity index (χ2v) is 3.43. The molecule has 0 fully saturated rings. The molecule has 88 valence electrons. The molecule has 0 aromatic carbocycles. The van der Waals surface area contributed by atoms with Crippen molar-refractivity contribution in [3.63, 3.8) is 0 Å². The molecule has 0 unspecified atom stereocenters. The minimum Gasteiger partial charge on any atom is -0.382 e. The van der Waals surface area contributed by atoms with Crippen LogP contribution in [0.2, 0.25) is 0 Å². The number of hydrogen-bond acceptors (Lipinski definition) is 7. The number of nitrogen functional groups attached to an aromatic ring is 1. The highest BCUT2D eigenvalue weighted by Gasteiger charge is 2.14. The first-order chi connectivity index (χ1) is 8.84. The Labute approximate surface area is 102 Å². The molecule has 0 saturated heterocycles. The van der Waals surface area contributed by atoms with Crippen LogP contribution in [0.3, 0.4) is 0 Å². The standard InChI is InChI=1S/C11H8N6O/c12-9-8(14-5-6-15-9)11-16-10(17-18-11)7-3-1-2-4-13-7/h1-6H,(H2,12,15). The zero-order valence-electron chi connectivity index (χ0n) is 9.19. The second kappa shape index (κ2) is 4.21. The summed E-state index contributed by atoms with van der Waals surface area (Å²) in [4.78, 5) is 16.3. The van der Waals surface area contributed by atoms with E-state index in [0.29, 0.717) is 17.2 Å². The van der Waals surface area contributed by atoms with Gasteiger partial charge in [0.2, 0.25) is 5.82 Å². The fourth-order valence-electron chi connectivity index (χ4n) is 1.43. The Hall–Kier alpha value is -2.83. The average molecular weight is 240 g/mol. The predicted octanol–water partition coefficient (Wildman–Crippen LogP) is 1.17. The molecule has 0 atom stereocenters. The van der Waals surface area contributed by atoms with Gasteiger partial charge in [-0.3, -0.25) is 4.98 Å². The molecule has 7 nitrogen and oxygen atoms in total. The zero-order chi connectivity index (χ0) is 12.4. The monoisotopic (exact) mass is 240 g/mol. The molecule has 7 heteroatoms. The third-order valence-electron chi connectivity index (χ3n) is 2.25. The second-order valence-electron chi connectivity index (χ2n) is 3.43. The summed E-state index contributed by atoms with van der Waals surface area (Å²) in [6.45, 7) is 0. The Kier molecular flexibility index (Phi) is 2.41. The molecular weight excluding hydrogens is 232 g/mol. The number of pyridine rings is 1. The molecule has 0 aliphatic rings. The maximum absolute atomic E-state index is 5.68. The minimum atomic E-state index is 0.223. The number of nitrogens with two attached hydrogens (primary N) is 1. The first-order valence-electron chi connectivity index (χ1n) is 5.16. The van der Waals surface area contributed by atoms with Crippen molar-refractivity contribution in [3.8, 4) is 23.1 Å². The molecule has 3 aromatic heterocycles. The van der Waals surface area contributed by atoms with Crippen LogP contribution in [0.25, 0.3) is 23.1 Å². The van der Waals surface area contributed by atoms with Crippen LogP contribution in [0.5, 0.6) is 0 Å². The van der Waals surface area contributed by atoms with Crippen LogP contribution in [0.15, 0.2) is 41.3 Å². The number of aromatic nitrogens is 5. The SMILES string of the molecule is Nc1nccnc1-c1nc(-c2ccccn2)no1. The Morgan fingerprint density at radius 3 is 2.67 bits per heavy atom. The molecule has 0 aliphatic carbocycles. The first-order valence-corrected chi connectivity index (χ1v) is 5.16. The van der Waals surface area contributed by atoms with Gasteiger partial charge in [-0.15, -0.1) is 0 Å². The normalized spacial score (nSPS) is 10.4. The molecular formula is C11H8N6O. The molecule has 3 rings (SSSR count). The summed E-state index contributed by atoms with van der Waals surface area (Å²) in [5.41, 5.74) is 6.67. The van der Waals surface area contributed by atoms with Gasteiger partial charge in [0.1, 0.15) is 5.69 Å². The molecule has 0 aliphatic heterocycles. The molecule has 0 radical (unpaired) electrons. The zero-order valence-corrected chi connectivity index (χ0v) is 9.19. The van der Waals surface area contributed by atoms with Gasteiger partial charge >= 0.3 is 0 Å². The van der Waals surface area contributed by atoms with Crippen molar-refractivity contribution in [2.24, 2.45) is 0 Å². The van der Waals surface area contributed by atoms with E-state index in [2.05, 4.69) is 25.1 Å². The lowest BCUT2D eigenvalue weighted by Crippen LogP contribution is -1.96. The van der Waals surface area contributed by atoms with Crippen molar-refractivity contribution in [3.05, 3.63) is 36.8 Å². The van der Waals surface area contributed by atoms with Gasteiger partial charge in [-0.05, 0) is 12.1 Å². The van der Waals surface area contributed by atoms with Gasteiger partial charge in [-0.2, -0.15) is 4.98 Å². The highest BCUT2D eigenvalue weighted by molar-refractivity contribution is 5.63. The summed E-state index contributed by atoms with van der Waals surface area (Å²) >= 11 is 0. The summed E-state index contributed by atoms with van der Waals surface area (Å²) in [5, 5.41) is 3.83. The third-order valence-corrected chi connectivity index (χ3v) is 2.25. The van der Waals surface area contributed by atoms with Crippen molar-refractivity contribution in [2.45, 2.75) is 0 Å². The number of nitrogens with zero attached hydrogens (tertiary/aromatic N) is 5. The van der Waals surface area contributed by atoms with E-state index < -0.39 is 0 Å². The van der Waals surface area contributed by atoms with Gasteiger partial charge in [0, 0.05) is 18.6 Å². The topological polar surface area (TPSA) is 104 Å². The molecule has 18 heavy (non-hydrogen) atoms. The lowest BCUT2D eigenvalue weighted by Gasteiger charge is -1.95. The van der Waals surface area contributed by atoms with E-state index in [1.54, 1.807) is 12.3 Å². The first kappa shape index (κ1) is 10.3. The van der Waals surface area contributed by atoms with Crippen LogP contribution in [0.1, 0.15) is 0 Å². The molecule has 3 aromatic rings. The number of rotatable bonds is 2. The van der Waals surface area contributed by atoms with Crippen molar-refractivity contribution in [1.29, 1.82) is 0 Å². The number of hydrogen-bond donors (Lipinski definition) is 1.